The monoisotopic (exact) mass is 170 g/mol. The fourth-order valence-electron chi connectivity index (χ4n) is 1.18. The van der Waals surface area contributed by atoms with E-state index in [1.165, 1.54) is 5.56 Å². The molecule has 0 fully saturated rings. The third kappa shape index (κ3) is 3.17. The van der Waals surface area contributed by atoms with Gasteiger partial charge in [-0.15, -0.1) is 6.42 Å². The second-order valence-electron chi connectivity index (χ2n) is 2.95. The highest BCUT2D eigenvalue weighted by Gasteiger charge is 1.90. The molecule has 1 aromatic rings. The molecule has 1 aromatic carbocycles. The molecule has 0 nitrogen and oxygen atoms in total. The molecule has 1 rings (SSSR count). The number of hydrogen-bond donors (Lipinski definition) is 0. The van der Waals surface area contributed by atoms with E-state index in [0.717, 1.165) is 18.4 Å². The molecule has 0 saturated carbocycles. The highest BCUT2D eigenvalue weighted by molar-refractivity contribution is 5.34. The minimum atomic E-state index is 0.954. The standard InChI is InChI=1S/C13H14/c1-3-5-6-7-13-10-8-12(4-2)9-11-13/h2-3,5,8-11H,6-7H2,1H3. The van der Waals surface area contributed by atoms with Gasteiger partial charge in [-0.05, 0) is 37.5 Å². The molecule has 0 heterocycles. The maximum atomic E-state index is 5.26. The Hall–Kier alpha value is -1.48. The normalized spacial score (nSPS) is 10.2. The topological polar surface area (TPSA) is 0 Å². The first-order valence-electron chi connectivity index (χ1n) is 4.53. The Labute approximate surface area is 80.3 Å². The van der Waals surface area contributed by atoms with E-state index in [1.54, 1.807) is 0 Å². The van der Waals surface area contributed by atoms with Crippen LogP contribution in [0.3, 0.4) is 0 Å². The average Bonchev–Trinajstić information content (AvgIpc) is 2.19. The fourth-order valence-corrected chi connectivity index (χ4v) is 1.18. The molecule has 0 amide bonds. The Kier molecular flexibility index (Phi) is 3.85. The summed E-state index contributed by atoms with van der Waals surface area (Å²) in [4.78, 5) is 0. The number of benzene rings is 1. The fraction of sp³-hybridized carbons (Fsp3) is 0.231. The number of allylic oxidation sites excluding steroid dienone is 2. The smallest absolute Gasteiger partial charge is 0.0242 e. The summed E-state index contributed by atoms with van der Waals surface area (Å²) < 4.78 is 0. The van der Waals surface area contributed by atoms with Crippen molar-refractivity contribution in [1.29, 1.82) is 0 Å². The van der Waals surface area contributed by atoms with Gasteiger partial charge in [-0.2, -0.15) is 0 Å². The van der Waals surface area contributed by atoms with E-state index in [4.69, 9.17) is 6.42 Å². The lowest BCUT2D eigenvalue weighted by Gasteiger charge is -1.97. The highest BCUT2D eigenvalue weighted by atomic mass is 14.0. The molecule has 0 saturated heterocycles. The molecular weight excluding hydrogens is 156 g/mol. The molecular formula is C13H14. The van der Waals surface area contributed by atoms with Crippen LogP contribution in [-0.2, 0) is 6.42 Å². The second-order valence-corrected chi connectivity index (χ2v) is 2.95. The van der Waals surface area contributed by atoms with Crippen molar-refractivity contribution in [3.05, 3.63) is 47.5 Å². The van der Waals surface area contributed by atoms with Crippen LogP contribution in [-0.4, -0.2) is 0 Å². The molecule has 66 valence electrons. The molecule has 0 aromatic heterocycles. The van der Waals surface area contributed by atoms with Crippen LogP contribution in [0.4, 0.5) is 0 Å². The van der Waals surface area contributed by atoms with E-state index >= 15 is 0 Å². The van der Waals surface area contributed by atoms with E-state index in [-0.39, 0.29) is 0 Å². The molecule has 0 aliphatic rings. The Morgan fingerprint density at radius 1 is 1.31 bits per heavy atom. The van der Waals surface area contributed by atoms with Crippen LogP contribution in [0.2, 0.25) is 0 Å². The summed E-state index contributed by atoms with van der Waals surface area (Å²) in [7, 11) is 0. The number of hydrogen-bond acceptors (Lipinski definition) is 0. The van der Waals surface area contributed by atoms with Crippen LogP contribution in [0, 0.1) is 12.3 Å². The predicted octanol–water partition coefficient (Wildman–Crippen LogP) is 3.18. The lowest BCUT2D eigenvalue weighted by atomic mass is 10.1. The van der Waals surface area contributed by atoms with Crippen molar-refractivity contribution in [3.63, 3.8) is 0 Å². The first-order valence-corrected chi connectivity index (χ1v) is 4.53. The summed E-state index contributed by atoms with van der Waals surface area (Å²) in [5, 5.41) is 0. The van der Waals surface area contributed by atoms with Crippen molar-refractivity contribution >= 4 is 0 Å². The van der Waals surface area contributed by atoms with Crippen molar-refractivity contribution < 1.29 is 0 Å². The van der Waals surface area contributed by atoms with Crippen LogP contribution < -0.4 is 0 Å². The van der Waals surface area contributed by atoms with Crippen LogP contribution in [0.15, 0.2) is 36.4 Å². The molecule has 0 bridgehead atoms. The average molecular weight is 170 g/mol. The first-order chi connectivity index (χ1) is 6.36. The molecule has 0 heteroatoms. The zero-order valence-electron chi connectivity index (χ0n) is 7.96. The van der Waals surface area contributed by atoms with Gasteiger partial charge in [0.15, 0.2) is 0 Å². The van der Waals surface area contributed by atoms with E-state index in [1.807, 2.05) is 19.1 Å². The van der Waals surface area contributed by atoms with E-state index in [0.29, 0.717) is 0 Å². The van der Waals surface area contributed by atoms with Gasteiger partial charge >= 0.3 is 0 Å². The molecule has 0 aliphatic heterocycles. The van der Waals surface area contributed by atoms with Crippen LogP contribution in [0.5, 0.6) is 0 Å². The van der Waals surface area contributed by atoms with Crippen LogP contribution in [0.1, 0.15) is 24.5 Å². The van der Waals surface area contributed by atoms with Gasteiger partial charge in [0.25, 0.3) is 0 Å². The Morgan fingerprint density at radius 3 is 2.54 bits per heavy atom. The number of rotatable bonds is 3. The van der Waals surface area contributed by atoms with Crippen molar-refractivity contribution in [2.75, 3.05) is 0 Å². The summed E-state index contributed by atoms with van der Waals surface area (Å²) in [6.07, 6.45) is 11.7. The van der Waals surface area contributed by atoms with Gasteiger partial charge < -0.3 is 0 Å². The molecule has 0 spiro atoms. The van der Waals surface area contributed by atoms with E-state index in [2.05, 4.69) is 30.2 Å². The summed E-state index contributed by atoms with van der Waals surface area (Å²) in [5.74, 6) is 2.61. The largest absolute Gasteiger partial charge is 0.115 e. The van der Waals surface area contributed by atoms with Crippen LogP contribution in [0.25, 0.3) is 0 Å². The molecule has 0 aliphatic carbocycles. The molecule has 0 atom stereocenters. The summed E-state index contributed by atoms with van der Waals surface area (Å²) in [5.41, 5.74) is 2.30. The lowest BCUT2D eigenvalue weighted by molar-refractivity contribution is 0.999. The van der Waals surface area contributed by atoms with Gasteiger partial charge in [0.05, 0.1) is 0 Å². The maximum Gasteiger partial charge on any atom is 0.0242 e. The molecule has 0 N–H and O–H groups in total. The minimum absolute atomic E-state index is 0.954. The third-order valence-corrected chi connectivity index (χ3v) is 1.96. The van der Waals surface area contributed by atoms with Gasteiger partial charge in [-0.25, -0.2) is 0 Å². The molecule has 0 radical (unpaired) electrons. The predicted molar refractivity (Wildman–Crippen MR) is 57.5 cm³/mol. The number of aryl methyl sites for hydroxylation is 1. The Morgan fingerprint density at radius 2 is 2.00 bits per heavy atom. The van der Waals surface area contributed by atoms with Crippen molar-refractivity contribution in [3.8, 4) is 12.3 Å². The Bertz CT molecular complexity index is 309. The van der Waals surface area contributed by atoms with Gasteiger partial charge in [0, 0.05) is 5.56 Å². The first kappa shape index (κ1) is 9.61. The van der Waals surface area contributed by atoms with Gasteiger partial charge in [0.1, 0.15) is 0 Å². The number of terminal acetylenes is 1. The molecule has 13 heavy (non-hydrogen) atoms. The minimum Gasteiger partial charge on any atom is -0.115 e. The lowest BCUT2D eigenvalue weighted by Crippen LogP contribution is -1.83. The SMILES string of the molecule is C#Cc1ccc(CCC=CC)cc1. The third-order valence-electron chi connectivity index (χ3n) is 1.96. The van der Waals surface area contributed by atoms with Crippen molar-refractivity contribution in [2.24, 2.45) is 0 Å². The zero-order chi connectivity index (χ0) is 9.52. The van der Waals surface area contributed by atoms with Crippen LogP contribution >= 0.6 is 0 Å². The van der Waals surface area contributed by atoms with Crippen molar-refractivity contribution in [2.45, 2.75) is 19.8 Å². The van der Waals surface area contributed by atoms with Gasteiger partial charge in [-0.3, -0.25) is 0 Å². The maximum absolute atomic E-state index is 5.26. The van der Waals surface area contributed by atoms with Gasteiger partial charge in [-0.1, -0.05) is 30.2 Å². The van der Waals surface area contributed by atoms with E-state index < -0.39 is 0 Å². The van der Waals surface area contributed by atoms with Gasteiger partial charge in [0.2, 0.25) is 0 Å². The van der Waals surface area contributed by atoms with E-state index in [9.17, 15) is 0 Å². The summed E-state index contributed by atoms with van der Waals surface area (Å²) in [6.45, 7) is 2.04. The highest BCUT2D eigenvalue weighted by Crippen LogP contribution is 2.06. The quantitative estimate of drug-likeness (QED) is 0.483. The molecule has 0 unspecified atom stereocenters. The second kappa shape index (κ2) is 5.22. The Balaban J connectivity index is 2.55. The zero-order valence-corrected chi connectivity index (χ0v) is 7.96. The van der Waals surface area contributed by atoms with Crippen molar-refractivity contribution in [1.82, 2.24) is 0 Å². The summed E-state index contributed by atoms with van der Waals surface area (Å²) >= 11 is 0. The summed E-state index contributed by atoms with van der Waals surface area (Å²) in [6, 6.07) is 8.17.